The van der Waals surface area contributed by atoms with Crippen LogP contribution in [0.3, 0.4) is 0 Å². The summed E-state index contributed by atoms with van der Waals surface area (Å²) < 4.78 is 0. The number of hydrogen-bond donors (Lipinski definition) is 2. The summed E-state index contributed by atoms with van der Waals surface area (Å²) in [4.78, 5) is 39.9. The van der Waals surface area contributed by atoms with Crippen molar-refractivity contribution in [2.45, 2.75) is 52.0 Å². The first-order valence-corrected chi connectivity index (χ1v) is 12.0. The number of nitrogens with one attached hydrogen (secondary N) is 2. The van der Waals surface area contributed by atoms with Crippen molar-refractivity contribution in [3.63, 3.8) is 0 Å². The first-order chi connectivity index (χ1) is 14.5. The standard InChI is InChI=1S/C23H31N3O3S/c1-15-8-10-26(11-9-15)20-19(21(27)22(20)28)24-13-16-4-6-17(7-5-16)23(29)25-14-18-3-2-12-30-18/h2-3,12,15-17,24H,4-11,13-14H2,1H3,(H,25,29). The minimum atomic E-state index is -0.370. The number of hydrogen-bond acceptors (Lipinski definition) is 6. The van der Waals surface area contributed by atoms with Crippen molar-refractivity contribution in [3.8, 4) is 0 Å². The molecule has 1 aromatic carbocycles. The zero-order valence-electron chi connectivity index (χ0n) is 17.6. The van der Waals surface area contributed by atoms with Crippen LogP contribution in [0.4, 0.5) is 11.4 Å². The molecule has 1 aliphatic carbocycles. The molecule has 2 aromatic rings. The molecule has 2 fully saturated rings. The van der Waals surface area contributed by atoms with E-state index >= 15 is 0 Å². The Labute approximate surface area is 181 Å². The number of carbonyl (C=O) groups is 1. The maximum absolute atomic E-state index is 12.4. The van der Waals surface area contributed by atoms with Gasteiger partial charge in [-0.1, -0.05) is 13.0 Å². The zero-order chi connectivity index (χ0) is 21.1. The van der Waals surface area contributed by atoms with Gasteiger partial charge >= 0.3 is 0 Å². The van der Waals surface area contributed by atoms with Gasteiger partial charge in [0.05, 0.1) is 6.54 Å². The lowest BCUT2D eigenvalue weighted by Crippen LogP contribution is -2.45. The maximum atomic E-state index is 12.4. The van der Waals surface area contributed by atoms with Gasteiger partial charge in [-0.2, -0.15) is 0 Å². The lowest BCUT2D eigenvalue weighted by atomic mass is 9.81. The lowest BCUT2D eigenvalue weighted by molar-refractivity contribution is -0.126. The normalized spacial score (nSPS) is 22.9. The Morgan fingerprint density at radius 3 is 2.50 bits per heavy atom. The summed E-state index contributed by atoms with van der Waals surface area (Å²) in [5.74, 6) is 1.35. The van der Waals surface area contributed by atoms with Gasteiger partial charge in [0, 0.05) is 30.4 Å². The van der Waals surface area contributed by atoms with Crippen LogP contribution in [0.2, 0.25) is 0 Å². The van der Waals surface area contributed by atoms with E-state index in [1.807, 2.05) is 17.5 Å². The summed E-state index contributed by atoms with van der Waals surface area (Å²) in [6.07, 6.45) is 5.83. The van der Waals surface area contributed by atoms with Gasteiger partial charge in [-0.05, 0) is 61.8 Å². The number of nitrogens with zero attached hydrogens (tertiary/aromatic N) is 1. The molecule has 1 saturated carbocycles. The second-order valence-corrected chi connectivity index (χ2v) is 9.98. The van der Waals surface area contributed by atoms with E-state index in [0.29, 0.717) is 36.3 Å². The molecule has 7 heteroatoms. The smallest absolute Gasteiger partial charge is 0.253 e. The Morgan fingerprint density at radius 1 is 1.10 bits per heavy atom. The van der Waals surface area contributed by atoms with Crippen molar-refractivity contribution < 1.29 is 4.79 Å². The molecular weight excluding hydrogens is 398 g/mol. The Bertz CT molecular complexity index is 916. The molecule has 2 heterocycles. The van der Waals surface area contributed by atoms with Crippen LogP contribution in [0.15, 0.2) is 27.1 Å². The average Bonchev–Trinajstić information content (AvgIpc) is 3.29. The van der Waals surface area contributed by atoms with Crippen molar-refractivity contribution in [2.24, 2.45) is 17.8 Å². The zero-order valence-corrected chi connectivity index (χ0v) is 18.4. The molecule has 6 nitrogen and oxygen atoms in total. The molecule has 0 unspecified atom stereocenters. The maximum Gasteiger partial charge on any atom is 0.253 e. The minimum absolute atomic E-state index is 0.0817. The molecule has 1 aromatic heterocycles. The highest BCUT2D eigenvalue weighted by Gasteiger charge is 2.30. The number of anilines is 2. The first-order valence-electron chi connectivity index (χ1n) is 11.1. The Hall–Kier alpha value is -2.15. The molecule has 0 atom stereocenters. The molecule has 1 amide bonds. The topological polar surface area (TPSA) is 78.5 Å². The van der Waals surface area contributed by atoms with Gasteiger partial charge in [0.1, 0.15) is 11.4 Å². The van der Waals surface area contributed by atoms with E-state index in [1.54, 1.807) is 11.3 Å². The van der Waals surface area contributed by atoms with Crippen molar-refractivity contribution >= 4 is 28.6 Å². The van der Waals surface area contributed by atoms with Crippen LogP contribution in [0, 0.1) is 17.8 Å². The first kappa shape index (κ1) is 21.1. The SMILES string of the molecule is CC1CCN(c2c(NCC3CCC(C(=O)NCc4cccs4)CC3)c(=O)c2=O)CC1. The molecule has 1 saturated heterocycles. The van der Waals surface area contributed by atoms with Crippen molar-refractivity contribution in [2.75, 3.05) is 29.9 Å². The van der Waals surface area contributed by atoms with Crippen LogP contribution in [0.5, 0.6) is 0 Å². The van der Waals surface area contributed by atoms with E-state index in [4.69, 9.17) is 0 Å². The number of carbonyl (C=O) groups excluding carboxylic acids is 1. The summed E-state index contributed by atoms with van der Waals surface area (Å²) in [6.45, 7) is 5.25. The van der Waals surface area contributed by atoms with Crippen LogP contribution < -0.4 is 26.4 Å². The minimum Gasteiger partial charge on any atom is -0.380 e. The third kappa shape index (κ3) is 4.61. The second kappa shape index (κ2) is 9.33. The van der Waals surface area contributed by atoms with Gasteiger partial charge in [0.2, 0.25) is 5.91 Å². The predicted molar refractivity (Wildman–Crippen MR) is 122 cm³/mol. The van der Waals surface area contributed by atoms with Gasteiger partial charge in [-0.3, -0.25) is 14.4 Å². The third-order valence-electron chi connectivity index (χ3n) is 6.79. The van der Waals surface area contributed by atoms with Crippen molar-refractivity contribution in [1.82, 2.24) is 5.32 Å². The molecule has 162 valence electrons. The molecule has 2 N–H and O–H groups in total. The molecular formula is C23H31N3O3S. The van der Waals surface area contributed by atoms with Gasteiger partial charge in [0.15, 0.2) is 0 Å². The Kier molecular flexibility index (Phi) is 6.56. The van der Waals surface area contributed by atoms with Crippen LogP contribution in [-0.2, 0) is 11.3 Å². The molecule has 4 rings (SSSR count). The molecule has 30 heavy (non-hydrogen) atoms. The summed E-state index contributed by atoms with van der Waals surface area (Å²) in [7, 11) is 0. The molecule has 0 spiro atoms. The number of piperidine rings is 1. The van der Waals surface area contributed by atoms with Gasteiger partial charge in [-0.25, -0.2) is 0 Å². The summed E-state index contributed by atoms with van der Waals surface area (Å²) in [6, 6.07) is 4.03. The quantitative estimate of drug-likeness (QED) is 0.661. The van der Waals surface area contributed by atoms with Gasteiger partial charge in [-0.15, -0.1) is 11.3 Å². The third-order valence-corrected chi connectivity index (χ3v) is 7.66. The fourth-order valence-electron chi connectivity index (χ4n) is 4.68. The van der Waals surface area contributed by atoms with Crippen molar-refractivity contribution in [1.29, 1.82) is 0 Å². The number of rotatable bonds is 7. The number of amides is 1. The predicted octanol–water partition coefficient (Wildman–Crippen LogP) is 3.12. The van der Waals surface area contributed by atoms with E-state index in [0.717, 1.165) is 51.6 Å². The molecule has 1 aliphatic heterocycles. The van der Waals surface area contributed by atoms with E-state index in [9.17, 15) is 14.4 Å². The fraction of sp³-hybridized carbons (Fsp3) is 0.609. The molecule has 0 radical (unpaired) electrons. The monoisotopic (exact) mass is 429 g/mol. The Balaban J connectivity index is 1.23. The van der Waals surface area contributed by atoms with E-state index in [-0.39, 0.29) is 22.7 Å². The van der Waals surface area contributed by atoms with Crippen LogP contribution in [0.1, 0.15) is 50.3 Å². The largest absolute Gasteiger partial charge is 0.380 e. The second-order valence-electron chi connectivity index (χ2n) is 8.95. The van der Waals surface area contributed by atoms with Crippen LogP contribution >= 0.6 is 11.3 Å². The highest BCUT2D eigenvalue weighted by molar-refractivity contribution is 7.09. The fourth-order valence-corrected chi connectivity index (χ4v) is 5.33. The van der Waals surface area contributed by atoms with E-state index in [1.165, 1.54) is 4.88 Å². The summed E-state index contributed by atoms with van der Waals surface area (Å²) in [5, 5.41) is 8.36. The summed E-state index contributed by atoms with van der Waals surface area (Å²) in [5.41, 5.74) is 0.419. The van der Waals surface area contributed by atoms with Crippen molar-refractivity contribution in [3.05, 3.63) is 42.8 Å². The Morgan fingerprint density at radius 2 is 1.83 bits per heavy atom. The van der Waals surface area contributed by atoms with Crippen LogP contribution in [0.25, 0.3) is 0 Å². The number of thiophene rings is 1. The lowest BCUT2D eigenvalue weighted by Gasteiger charge is -2.34. The molecule has 0 bridgehead atoms. The van der Waals surface area contributed by atoms with E-state index in [2.05, 4.69) is 22.5 Å². The average molecular weight is 430 g/mol. The summed E-state index contributed by atoms with van der Waals surface area (Å²) >= 11 is 1.66. The van der Waals surface area contributed by atoms with Gasteiger partial charge < -0.3 is 15.5 Å². The van der Waals surface area contributed by atoms with Gasteiger partial charge in [0.25, 0.3) is 10.9 Å². The van der Waals surface area contributed by atoms with Crippen LogP contribution in [-0.4, -0.2) is 25.5 Å². The highest BCUT2D eigenvalue weighted by atomic mass is 32.1. The molecule has 2 aliphatic rings. The van der Waals surface area contributed by atoms with E-state index < -0.39 is 0 Å². The highest BCUT2D eigenvalue weighted by Crippen LogP contribution is 2.31.